The number of ether oxygens (including phenoxy) is 1. The predicted octanol–water partition coefficient (Wildman–Crippen LogP) is 0.517. The Morgan fingerprint density at radius 1 is 1.65 bits per heavy atom. The summed E-state index contributed by atoms with van der Waals surface area (Å²) in [5, 5.41) is 12.1. The highest BCUT2D eigenvalue weighted by molar-refractivity contribution is 5.94. The number of amides is 1. The van der Waals surface area contributed by atoms with Crippen molar-refractivity contribution in [1.82, 2.24) is 10.3 Å². The number of nitrogens with zero attached hydrogens (tertiary/aromatic N) is 1. The summed E-state index contributed by atoms with van der Waals surface area (Å²) >= 11 is 0. The molecule has 94 valence electrons. The number of pyridine rings is 1. The zero-order chi connectivity index (χ0) is 12.7. The Labute approximate surface area is 101 Å². The van der Waals surface area contributed by atoms with E-state index in [1.165, 1.54) is 7.11 Å². The van der Waals surface area contributed by atoms with Gasteiger partial charge in [0.1, 0.15) is 0 Å². The first-order chi connectivity index (χ1) is 8.13. The maximum Gasteiger partial charge on any atom is 0.251 e. The first kappa shape index (κ1) is 13.6. The standard InChI is InChI=1S/C12H18N2O3/c1-9-7-10(3-5-13-9)12(16)14-6-4-11(15)8-17-2/h3,5,7,11,15H,4,6,8H2,1-2H3,(H,14,16). The molecule has 0 saturated carbocycles. The lowest BCUT2D eigenvalue weighted by atomic mass is 10.2. The number of nitrogens with one attached hydrogen (secondary N) is 1. The highest BCUT2D eigenvalue weighted by atomic mass is 16.5. The monoisotopic (exact) mass is 238 g/mol. The van der Waals surface area contributed by atoms with Gasteiger partial charge in [0.2, 0.25) is 0 Å². The Kier molecular flexibility index (Phi) is 5.59. The Hall–Kier alpha value is -1.46. The Bertz CT molecular complexity index is 369. The van der Waals surface area contributed by atoms with Gasteiger partial charge >= 0.3 is 0 Å². The lowest BCUT2D eigenvalue weighted by molar-refractivity contribution is 0.0587. The van der Waals surface area contributed by atoms with Crippen LogP contribution in [0.3, 0.4) is 0 Å². The van der Waals surface area contributed by atoms with Crippen molar-refractivity contribution < 1.29 is 14.6 Å². The fourth-order valence-electron chi connectivity index (χ4n) is 1.42. The molecule has 1 rings (SSSR count). The van der Waals surface area contributed by atoms with E-state index in [9.17, 15) is 9.90 Å². The molecule has 1 heterocycles. The molecular formula is C12H18N2O3. The predicted molar refractivity (Wildman–Crippen MR) is 63.8 cm³/mol. The van der Waals surface area contributed by atoms with E-state index in [1.54, 1.807) is 18.3 Å². The summed E-state index contributed by atoms with van der Waals surface area (Å²) in [5.41, 5.74) is 1.38. The Balaban J connectivity index is 2.35. The normalized spacial score (nSPS) is 12.2. The minimum atomic E-state index is -0.542. The van der Waals surface area contributed by atoms with Crippen molar-refractivity contribution in [3.8, 4) is 0 Å². The topological polar surface area (TPSA) is 71.5 Å². The number of hydrogen-bond acceptors (Lipinski definition) is 4. The molecule has 1 unspecified atom stereocenters. The minimum absolute atomic E-state index is 0.153. The van der Waals surface area contributed by atoms with Crippen molar-refractivity contribution in [3.05, 3.63) is 29.6 Å². The molecule has 0 saturated heterocycles. The highest BCUT2D eigenvalue weighted by Gasteiger charge is 2.07. The largest absolute Gasteiger partial charge is 0.391 e. The van der Waals surface area contributed by atoms with Crippen LogP contribution < -0.4 is 5.32 Å². The van der Waals surface area contributed by atoms with Crippen molar-refractivity contribution in [2.75, 3.05) is 20.3 Å². The quantitative estimate of drug-likeness (QED) is 0.758. The molecule has 2 N–H and O–H groups in total. The second-order valence-corrected chi connectivity index (χ2v) is 3.84. The average Bonchev–Trinajstić information content (AvgIpc) is 2.29. The first-order valence-electron chi connectivity index (χ1n) is 5.51. The molecule has 0 bridgehead atoms. The van der Waals surface area contributed by atoms with Crippen molar-refractivity contribution in [3.63, 3.8) is 0 Å². The van der Waals surface area contributed by atoms with E-state index in [0.717, 1.165) is 5.69 Å². The molecule has 0 fully saturated rings. The zero-order valence-electron chi connectivity index (χ0n) is 10.1. The van der Waals surface area contributed by atoms with Gasteiger partial charge in [-0.25, -0.2) is 0 Å². The lowest BCUT2D eigenvalue weighted by Gasteiger charge is -2.10. The van der Waals surface area contributed by atoms with Gasteiger partial charge in [-0.15, -0.1) is 0 Å². The minimum Gasteiger partial charge on any atom is -0.391 e. The summed E-state index contributed by atoms with van der Waals surface area (Å²) in [6.07, 6.45) is 1.53. The van der Waals surface area contributed by atoms with E-state index in [4.69, 9.17) is 4.74 Å². The Morgan fingerprint density at radius 2 is 2.41 bits per heavy atom. The van der Waals surface area contributed by atoms with Crippen LogP contribution in [0.5, 0.6) is 0 Å². The summed E-state index contributed by atoms with van der Waals surface area (Å²) in [6, 6.07) is 3.38. The molecule has 1 amide bonds. The summed E-state index contributed by atoms with van der Waals surface area (Å²) in [4.78, 5) is 15.7. The summed E-state index contributed by atoms with van der Waals surface area (Å²) in [6.45, 7) is 2.54. The van der Waals surface area contributed by atoms with Crippen LogP contribution in [0.2, 0.25) is 0 Å². The smallest absolute Gasteiger partial charge is 0.251 e. The van der Waals surface area contributed by atoms with Gasteiger partial charge in [0.25, 0.3) is 5.91 Å². The lowest BCUT2D eigenvalue weighted by Crippen LogP contribution is -2.28. The fourth-order valence-corrected chi connectivity index (χ4v) is 1.42. The van der Waals surface area contributed by atoms with Gasteiger partial charge in [0.15, 0.2) is 0 Å². The average molecular weight is 238 g/mol. The van der Waals surface area contributed by atoms with Gasteiger partial charge in [-0.05, 0) is 25.5 Å². The van der Waals surface area contributed by atoms with Crippen molar-refractivity contribution in [2.24, 2.45) is 0 Å². The molecule has 5 nitrogen and oxygen atoms in total. The third-order valence-corrected chi connectivity index (χ3v) is 2.28. The summed E-state index contributed by atoms with van der Waals surface area (Å²) in [5.74, 6) is -0.153. The van der Waals surface area contributed by atoms with Gasteiger partial charge in [-0.2, -0.15) is 0 Å². The van der Waals surface area contributed by atoms with Crippen molar-refractivity contribution in [2.45, 2.75) is 19.4 Å². The van der Waals surface area contributed by atoms with E-state index in [1.807, 2.05) is 6.92 Å². The van der Waals surface area contributed by atoms with Crippen LogP contribution in [0.4, 0.5) is 0 Å². The maximum absolute atomic E-state index is 11.7. The first-order valence-corrected chi connectivity index (χ1v) is 5.51. The number of hydrogen-bond donors (Lipinski definition) is 2. The zero-order valence-corrected chi connectivity index (χ0v) is 10.1. The van der Waals surface area contributed by atoms with E-state index in [2.05, 4.69) is 10.3 Å². The number of aryl methyl sites for hydroxylation is 1. The number of carbonyl (C=O) groups excluding carboxylic acids is 1. The molecule has 1 aromatic heterocycles. The second kappa shape index (κ2) is 6.98. The third-order valence-electron chi connectivity index (χ3n) is 2.28. The van der Waals surface area contributed by atoms with E-state index >= 15 is 0 Å². The number of methoxy groups -OCH3 is 1. The third kappa shape index (κ3) is 4.93. The Morgan fingerprint density at radius 3 is 3.06 bits per heavy atom. The number of aliphatic hydroxyl groups is 1. The van der Waals surface area contributed by atoms with Crippen molar-refractivity contribution in [1.29, 1.82) is 0 Å². The molecule has 0 aliphatic rings. The summed E-state index contributed by atoms with van der Waals surface area (Å²) in [7, 11) is 1.53. The van der Waals surface area contributed by atoms with Gasteiger partial charge in [-0.1, -0.05) is 0 Å². The van der Waals surface area contributed by atoms with E-state index in [-0.39, 0.29) is 12.5 Å². The summed E-state index contributed by atoms with van der Waals surface area (Å²) < 4.78 is 4.79. The molecule has 0 radical (unpaired) electrons. The van der Waals surface area contributed by atoms with Gasteiger partial charge in [0.05, 0.1) is 12.7 Å². The van der Waals surface area contributed by atoms with E-state index in [0.29, 0.717) is 18.5 Å². The van der Waals surface area contributed by atoms with E-state index < -0.39 is 6.10 Å². The van der Waals surface area contributed by atoms with Crippen LogP contribution in [0.25, 0.3) is 0 Å². The SMILES string of the molecule is COCC(O)CCNC(=O)c1ccnc(C)c1. The van der Waals surface area contributed by atoms with Crippen LogP contribution in [-0.2, 0) is 4.74 Å². The van der Waals surface area contributed by atoms with Gasteiger partial charge in [0, 0.05) is 31.1 Å². The second-order valence-electron chi connectivity index (χ2n) is 3.84. The van der Waals surface area contributed by atoms with Crippen LogP contribution in [0.15, 0.2) is 18.3 Å². The van der Waals surface area contributed by atoms with Crippen LogP contribution in [0, 0.1) is 6.92 Å². The van der Waals surface area contributed by atoms with Crippen molar-refractivity contribution >= 4 is 5.91 Å². The molecule has 0 spiro atoms. The highest BCUT2D eigenvalue weighted by Crippen LogP contribution is 2.00. The molecule has 0 aliphatic carbocycles. The van der Waals surface area contributed by atoms with Crippen LogP contribution in [-0.4, -0.2) is 42.4 Å². The molecule has 0 aliphatic heterocycles. The molecular weight excluding hydrogens is 220 g/mol. The number of rotatable bonds is 6. The molecule has 1 atom stereocenters. The number of carbonyl (C=O) groups is 1. The van der Waals surface area contributed by atoms with Gasteiger partial charge in [-0.3, -0.25) is 9.78 Å². The number of aliphatic hydroxyl groups excluding tert-OH is 1. The molecule has 0 aromatic carbocycles. The fraction of sp³-hybridized carbons (Fsp3) is 0.500. The van der Waals surface area contributed by atoms with Crippen LogP contribution in [0.1, 0.15) is 22.5 Å². The molecule has 5 heteroatoms. The molecule has 1 aromatic rings. The number of aromatic nitrogens is 1. The molecule has 17 heavy (non-hydrogen) atoms. The van der Waals surface area contributed by atoms with Gasteiger partial charge < -0.3 is 15.2 Å². The van der Waals surface area contributed by atoms with Crippen LogP contribution >= 0.6 is 0 Å². The maximum atomic E-state index is 11.7.